The normalized spacial score (nSPS) is 45.2. The van der Waals surface area contributed by atoms with Crippen LogP contribution in [0.1, 0.15) is 26.3 Å². The minimum Gasteiger partial charge on any atom is -0.369 e. The molecule has 5 rings (SSSR count). The van der Waals surface area contributed by atoms with E-state index < -0.39 is 11.4 Å². The number of hydrogen-bond acceptors (Lipinski definition) is 6. The van der Waals surface area contributed by atoms with E-state index >= 15 is 0 Å². The molecule has 1 aromatic rings. The maximum Gasteiger partial charge on any atom is 0.190 e. The van der Waals surface area contributed by atoms with E-state index in [1.54, 1.807) is 0 Å². The lowest BCUT2D eigenvalue weighted by Gasteiger charge is -2.45. The fourth-order valence-electron chi connectivity index (χ4n) is 4.60. The summed E-state index contributed by atoms with van der Waals surface area (Å²) in [5, 5.41) is 2.07. The van der Waals surface area contributed by atoms with Gasteiger partial charge in [-0.25, -0.2) is 0 Å². The predicted octanol–water partition coefficient (Wildman–Crippen LogP) is 2.08. The lowest BCUT2D eigenvalue weighted by molar-refractivity contribution is -0.267. The molecule has 0 amide bonds. The monoisotopic (exact) mass is 347 g/mol. The maximum atomic E-state index is 6.32. The zero-order valence-electron chi connectivity index (χ0n) is 14.9. The first kappa shape index (κ1) is 16.2. The van der Waals surface area contributed by atoms with Gasteiger partial charge in [0, 0.05) is 12.5 Å². The second-order valence-corrected chi connectivity index (χ2v) is 8.08. The predicted molar refractivity (Wildman–Crippen MR) is 88.3 cm³/mol. The summed E-state index contributed by atoms with van der Waals surface area (Å²) in [5.41, 5.74) is 0.700. The lowest BCUT2D eigenvalue weighted by Crippen LogP contribution is -2.61. The minimum absolute atomic E-state index is 0.136. The molecule has 0 aliphatic carbocycles. The Morgan fingerprint density at radius 3 is 2.64 bits per heavy atom. The SMILES string of the molecule is CC1(C)O[C@H]2O[C@@H]3[C@@H]4[C@@H](CON4Cc4ccccc4)CO[C@@]3(C)[C@H]2O1. The summed E-state index contributed by atoms with van der Waals surface area (Å²) in [6.07, 6.45) is -0.737. The molecule has 0 aromatic heterocycles. The summed E-state index contributed by atoms with van der Waals surface area (Å²) in [6.45, 7) is 7.97. The van der Waals surface area contributed by atoms with Gasteiger partial charge in [-0.05, 0) is 26.3 Å². The van der Waals surface area contributed by atoms with Gasteiger partial charge in [-0.2, -0.15) is 5.06 Å². The fraction of sp³-hybridized carbons (Fsp3) is 0.684. The van der Waals surface area contributed by atoms with Crippen molar-refractivity contribution in [3.63, 3.8) is 0 Å². The highest BCUT2D eigenvalue weighted by molar-refractivity contribution is 5.16. The van der Waals surface area contributed by atoms with Gasteiger partial charge in [0.1, 0.15) is 17.8 Å². The van der Waals surface area contributed by atoms with Crippen molar-refractivity contribution in [1.82, 2.24) is 5.06 Å². The Bertz CT molecular complexity index is 652. The zero-order valence-corrected chi connectivity index (χ0v) is 14.9. The molecule has 6 nitrogen and oxygen atoms in total. The van der Waals surface area contributed by atoms with Crippen LogP contribution in [-0.4, -0.2) is 54.2 Å². The lowest BCUT2D eigenvalue weighted by atomic mass is 9.81. The zero-order chi connectivity index (χ0) is 17.2. The van der Waals surface area contributed by atoms with Crippen molar-refractivity contribution in [2.75, 3.05) is 13.2 Å². The molecule has 6 atom stereocenters. The largest absolute Gasteiger partial charge is 0.369 e. The number of rotatable bonds is 2. The van der Waals surface area contributed by atoms with Crippen molar-refractivity contribution < 1.29 is 23.8 Å². The van der Waals surface area contributed by atoms with Crippen LogP contribution in [0.15, 0.2) is 30.3 Å². The first-order valence-corrected chi connectivity index (χ1v) is 9.05. The van der Waals surface area contributed by atoms with E-state index in [1.807, 2.05) is 19.9 Å². The van der Waals surface area contributed by atoms with Crippen LogP contribution in [0.25, 0.3) is 0 Å². The summed E-state index contributed by atoms with van der Waals surface area (Å²) in [4.78, 5) is 6.01. The third-order valence-corrected chi connectivity index (χ3v) is 5.84. The molecule has 136 valence electrons. The Labute approximate surface area is 147 Å². The molecular formula is C19H25NO5. The standard InChI is InChI=1S/C19H25NO5/c1-18(2)24-16-17(25-18)23-15-14-13(10-21-19(15,16)3)11-22-20(14)9-12-7-5-4-6-8-12/h4-8,13-17H,9-11H2,1-3H3/t13-,14+,15-,16+,17-,19-/m1/s1. The van der Waals surface area contributed by atoms with Gasteiger partial charge >= 0.3 is 0 Å². The highest BCUT2D eigenvalue weighted by atomic mass is 16.8. The molecule has 0 bridgehead atoms. The van der Waals surface area contributed by atoms with Gasteiger partial charge < -0.3 is 18.9 Å². The summed E-state index contributed by atoms with van der Waals surface area (Å²) in [5.74, 6) is -0.340. The van der Waals surface area contributed by atoms with Crippen LogP contribution in [-0.2, 0) is 30.3 Å². The number of fused-ring (bicyclic) bond motifs is 5. The molecule has 0 spiro atoms. The highest BCUT2D eigenvalue weighted by Gasteiger charge is 2.68. The molecule has 25 heavy (non-hydrogen) atoms. The quantitative estimate of drug-likeness (QED) is 0.816. The Morgan fingerprint density at radius 2 is 1.84 bits per heavy atom. The van der Waals surface area contributed by atoms with E-state index in [0.29, 0.717) is 19.1 Å². The van der Waals surface area contributed by atoms with Crippen LogP contribution >= 0.6 is 0 Å². The van der Waals surface area contributed by atoms with E-state index in [1.165, 1.54) is 5.56 Å². The van der Waals surface area contributed by atoms with Crippen molar-refractivity contribution in [1.29, 1.82) is 0 Å². The van der Waals surface area contributed by atoms with Gasteiger partial charge in [0.25, 0.3) is 0 Å². The summed E-state index contributed by atoms with van der Waals surface area (Å²) >= 11 is 0. The maximum absolute atomic E-state index is 6.32. The highest BCUT2D eigenvalue weighted by Crippen LogP contribution is 2.50. The molecule has 0 radical (unpaired) electrons. The van der Waals surface area contributed by atoms with Crippen LogP contribution in [0.4, 0.5) is 0 Å². The van der Waals surface area contributed by atoms with E-state index in [0.717, 1.165) is 6.54 Å². The van der Waals surface area contributed by atoms with Crippen molar-refractivity contribution in [2.24, 2.45) is 5.92 Å². The number of benzene rings is 1. The molecule has 4 heterocycles. The van der Waals surface area contributed by atoms with Crippen LogP contribution < -0.4 is 0 Å². The van der Waals surface area contributed by atoms with Crippen LogP contribution in [0, 0.1) is 5.92 Å². The van der Waals surface area contributed by atoms with E-state index in [9.17, 15) is 0 Å². The average molecular weight is 347 g/mol. The molecule has 4 fully saturated rings. The number of hydroxylamine groups is 2. The summed E-state index contributed by atoms with van der Waals surface area (Å²) < 4.78 is 24.7. The molecule has 4 saturated heterocycles. The minimum atomic E-state index is -0.639. The molecule has 6 heteroatoms. The van der Waals surface area contributed by atoms with Crippen LogP contribution in [0.3, 0.4) is 0 Å². The number of hydrogen-bond donors (Lipinski definition) is 0. The van der Waals surface area contributed by atoms with Gasteiger partial charge in [-0.3, -0.25) is 4.84 Å². The van der Waals surface area contributed by atoms with E-state index in [-0.39, 0.29) is 24.5 Å². The third-order valence-electron chi connectivity index (χ3n) is 5.84. The summed E-state index contributed by atoms with van der Waals surface area (Å²) in [6, 6.07) is 10.5. The molecule has 4 aliphatic rings. The van der Waals surface area contributed by atoms with Gasteiger partial charge in [0.15, 0.2) is 12.1 Å². The summed E-state index contributed by atoms with van der Waals surface area (Å²) in [7, 11) is 0. The van der Waals surface area contributed by atoms with Crippen molar-refractivity contribution in [2.45, 2.75) is 63.2 Å². The topological polar surface area (TPSA) is 49.4 Å². The van der Waals surface area contributed by atoms with Crippen molar-refractivity contribution in [3.8, 4) is 0 Å². The van der Waals surface area contributed by atoms with Crippen LogP contribution in [0.5, 0.6) is 0 Å². The van der Waals surface area contributed by atoms with Crippen molar-refractivity contribution in [3.05, 3.63) is 35.9 Å². The average Bonchev–Trinajstić information content (AvgIpc) is 3.19. The Kier molecular flexibility index (Phi) is 3.55. The van der Waals surface area contributed by atoms with E-state index in [4.69, 9.17) is 23.8 Å². The first-order valence-electron chi connectivity index (χ1n) is 9.05. The molecule has 4 aliphatic heterocycles. The van der Waals surface area contributed by atoms with Gasteiger partial charge in [-0.15, -0.1) is 0 Å². The molecule has 0 N–H and O–H groups in total. The Hall–Kier alpha value is -1.02. The third kappa shape index (κ3) is 2.47. The Balaban J connectivity index is 1.41. The number of nitrogens with zero attached hydrogens (tertiary/aromatic N) is 1. The van der Waals surface area contributed by atoms with Gasteiger partial charge in [0.2, 0.25) is 0 Å². The second kappa shape index (κ2) is 5.49. The molecule has 0 saturated carbocycles. The number of ether oxygens (including phenoxy) is 4. The van der Waals surface area contributed by atoms with Crippen LogP contribution in [0.2, 0.25) is 0 Å². The molecule has 0 unspecified atom stereocenters. The fourth-order valence-corrected chi connectivity index (χ4v) is 4.60. The molecular weight excluding hydrogens is 322 g/mol. The van der Waals surface area contributed by atoms with Gasteiger partial charge in [0.05, 0.1) is 19.3 Å². The molecule has 1 aromatic carbocycles. The van der Waals surface area contributed by atoms with Crippen molar-refractivity contribution >= 4 is 0 Å². The van der Waals surface area contributed by atoms with E-state index in [2.05, 4.69) is 36.3 Å². The first-order chi connectivity index (χ1) is 12.0. The smallest absolute Gasteiger partial charge is 0.190 e. The Morgan fingerprint density at radius 1 is 1.04 bits per heavy atom. The second-order valence-electron chi connectivity index (χ2n) is 8.08. The van der Waals surface area contributed by atoms with Gasteiger partial charge in [-0.1, -0.05) is 30.3 Å².